The van der Waals surface area contributed by atoms with Crippen LogP contribution in [0, 0.1) is 0 Å². The first-order chi connectivity index (χ1) is 16.1. The van der Waals surface area contributed by atoms with Crippen LogP contribution in [0.1, 0.15) is 10.4 Å². The quantitative estimate of drug-likeness (QED) is 0.578. The summed E-state index contributed by atoms with van der Waals surface area (Å²) in [4.78, 5) is 27.1. The molecule has 3 rings (SSSR count). The van der Waals surface area contributed by atoms with Gasteiger partial charge in [-0.05, 0) is 24.3 Å². The average Bonchev–Trinajstić information content (AvgIpc) is 2.83. The Bertz CT molecular complexity index is 1150. The molecule has 0 spiro atoms. The molecule has 1 N–H and O–H groups in total. The lowest BCUT2D eigenvalue weighted by molar-refractivity contribution is -0.114. The van der Waals surface area contributed by atoms with E-state index in [0.29, 0.717) is 42.6 Å². The van der Waals surface area contributed by atoms with Crippen molar-refractivity contribution < 1.29 is 32.2 Å². The van der Waals surface area contributed by atoms with Gasteiger partial charge in [-0.15, -0.1) is 0 Å². The number of morpholine rings is 1. The van der Waals surface area contributed by atoms with Gasteiger partial charge >= 0.3 is 0 Å². The summed E-state index contributed by atoms with van der Waals surface area (Å²) < 4.78 is 41.5. The highest BCUT2D eigenvalue weighted by atomic mass is 35.5. The van der Waals surface area contributed by atoms with E-state index >= 15 is 0 Å². The second-order valence-corrected chi connectivity index (χ2v) is 9.77. The Morgan fingerprint density at radius 2 is 1.71 bits per heavy atom. The summed E-state index contributed by atoms with van der Waals surface area (Å²) in [5.41, 5.74) is 0.937. The fourth-order valence-electron chi connectivity index (χ4n) is 3.40. The van der Waals surface area contributed by atoms with E-state index in [2.05, 4.69) is 5.32 Å². The van der Waals surface area contributed by atoms with Gasteiger partial charge in [0.15, 0.2) is 0 Å². The van der Waals surface area contributed by atoms with Crippen molar-refractivity contribution in [1.82, 2.24) is 4.90 Å². The van der Waals surface area contributed by atoms with Gasteiger partial charge in [0.1, 0.15) is 18.0 Å². The minimum absolute atomic E-state index is 0.165. The van der Waals surface area contributed by atoms with Gasteiger partial charge in [-0.3, -0.25) is 13.9 Å². The zero-order valence-corrected chi connectivity index (χ0v) is 20.6. The van der Waals surface area contributed by atoms with Crippen LogP contribution in [0.25, 0.3) is 0 Å². The Kier molecular flexibility index (Phi) is 8.24. The Morgan fingerprint density at radius 1 is 1.09 bits per heavy atom. The number of hydrogen-bond donors (Lipinski definition) is 1. The maximum atomic E-state index is 12.8. The molecule has 0 radical (unpaired) electrons. The first-order valence-corrected chi connectivity index (χ1v) is 12.5. The lowest BCUT2D eigenvalue weighted by Crippen LogP contribution is -2.40. The highest BCUT2D eigenvalue weighted by Gasteiger charge is 2.23. The van der Waals surface area contributed by atoms with Gasteiger partial charge in [0.05, 0.1) is 50.1 Å². The number of carbonyl (C=O) groups is 2. The molecule has 34 heavy (non-hydrogen) atoms. The highest BCUT2D eigenvalue weighted by Crippen LogP contribution is 2.36. The van der Waals surface area contributed by atoms with Crippen molar-refractivity contribution in [3.8, 4) is 11.5 Å². The van der Waals surface area contributed by atoms with E-state index in [0.717, 1.165) is 10.6 Å². The average molecular weight is 512 g/mol. The van der Waals surface area contributed by atoms with Crippen LogP contribution in [0.4, 0.5) is 11.4 Å². The predicted octanol–water partition coefficient (Wildman–Crippen LogP) is 2.23. The normalized spacial score (nSPS) is 13.8. The monoisotopic (exact) mass is 511 g/mol. The minimum atomic E-state index is -3.81. The van der Waals surface area contributed by atoms with Gasteiger partial charge in [0, 0.05) is 30.8 Å². The lowest BCUT2D eigenvalue weighted by Gasteiger charge is -2.27. The predicted molar refractivity (Wildman–Crippen MR) is 129 cm³/mol. The Balaban J connectivity index is 1.78. The zero-order chi connectivity index (χ0) is 24.9. The second-order valence-electron chi connectivity index (χ2n) is 7.46. The molecule has 1 heterocycles. The molecule has 0 aliphatic carbocycles. The van der Waals surface area contributed by atoms with Crippen molar-refractivity contribution >= 4 is 44.8 Å². The Hall–Kier alpha value is -3.02. The Labute approximate surface area is 203 Å². The number of benzene rings is 2. The lowest BCUT2D eigenvalue weighted by atomic mass is 10.1. The van der Waals surface area contributed by atoms with Crippen molar-refractivity contribution in [1.29, 1.82) is 0 Å². The summed E-state index contributed by atoms with van der Waals surface area (Å²) in [5.74, 6) is -0.168. The van der Waals surface area contributed by atoms with Crippen molar-refractivity contribution in [3.05, 3.63) is 47.0 Å². The van der Waals surface area contributed by atoms with Crippen LogP contribution in [0.3, 0.4) is 0 Å². The van der Waals surface area contributed by atoms with E-state index in [1.807, 2.05) is 0 Å². The van der Waals surface area contributed by atoms with Crippen molar-refractivity contribution in [2.45, 2.75) is 0 Å². The van der Waals surface area contributed by atoms with E-state index < -0.39 is 22.5 Å². The first-order valence-electron chi connectivity index (χ1n) is 10.3. The van der Waals surface area contributed by atoms with Crippen molar-refractivity contribution in [2.75, 3.05) is 62.9 Å². The third kappa shape index (κ3) is 6.10. The van der Waals surface area contributed by atoms with Gasteiger partial charge in [0.25, 0.3) is 5.91 Å². The molecular weight excluding hydrogens is 486 g/mol. The molecule has 2 amide bonds. The van der Waals surface area contributed by atoms with Crippen molar-refractivity contribution in [3.63, 3.8) is 0 Å². The van der Waals surface area contributed by atoms with Gasteiger partial charge in [-0.25, -0.2) is 8.42 Å². The minimum Gasteiger partial charge on any atom is -0.495 e. The highest BCUT2D eigenvalue weighted by molar-refractivity contribution is 7.92. The van der Waals surface area contributed by atoms with Crippen LogP contribution in [0.15, 0.2) is 36.4 Å². The number of rotatable bonds is 8. The molecule has 0 saturated carbocycles. The van der Waals surface area contributed by atoms with Crippen LogP contribution < -0.4 is 19.1 Å². The molecule has 12 heteroatoms. The number of hydrogen-bond acceptors (Lipinski definition) is 7. The number of nitrogens with one attached hydrogen (secondary N) is 1. The number of ether oxygens (including phenoxy) is 3. The van der Waals surface area contributed by atoms with E-state index in [1.165, 1.54) is 50.6 Å². The van der Waals surface area contributed by atoms with Crippen LogP contribution in [-0.2, 0) is 19.6 Å². The third-order valence-corrected chi connectivity index (χ3v) is 6.57. The molecule has 2 aromatic carbocycles. The number of nitrogens with zero attached hydrogens (tertiary/aromatic N) is 2. The fraction of sp³-hybridized carbons (Fsp3) is 0.364. The molecule has 1 saturated heterocycles. The van der Waals surface area contributed by atoms with Crippen LogP contribution in [-0.4, -0.2) is 78.5 Å². The Morgan fingerprint density at radius 3 is 2.26 bits per heavy atom. The van der Waals surface area contributed by atoms with Gasteiger partial charge in [0.2, 0.25) is 15.9 Å². The maximum absolute atomic E-state index is 12.8. The molecule has 10 nitrogen and oxygen atoms in total. The van der Waals surface area contributed by atoms with E-state index in [9.17, 15) is 18.0 Å². The van der Waals surface area contributed by atoms with Gasteiger partial charge in [-0.1, -0.05) is 11.6 Å². The molecule has 0 atom stereocenters. The van der Waals surface area contributed by atoms with Crippen LogP contribution in [0.5, 0.6) is 11.5 Å². The molecule has 0 aromatic heterocycles. The SMILES string of the molecule is COc1cc(NC(=O)CN(c2ccc(C(=O)N3CCOCC3)cc2)S(C)(=O)=O)c(OC)cc1Cl. The van der Waals surface area contributed by atoms with Gasteiger partial charge < -0.3 is 24.4 Å². The van der Waals surface area contributed by atoms with E-state index in [-0.39, 0.29) is 23.0 Å². The van der Waals surface area contributed by atoms with Crippen molar-refractivity contribution in [2.24, 2.45) is 0 Å². The van der Waals surface area contributed by atoms with Crippen LogP contribution >= 0.6 is 11.6 Å². The molecule has 2 aromatic rings. The molecule has 1 aliphatic heterocycles. The molecular formula is C22H26ClN3O7S. The zero-order valence-electron chi connectivity index (χ0n) is 19.0. The molecule has 1 aliphatic rings. The molecule has 1 fully saturated rings. The van der Waals surface area contributed by atoms with E-state index in [4.69, 9.17) is 25.8 Å². The third-order valence-electron chi connectivity index (χ3n) is 5.14. The standard InChI is InChI=1S/C22H26ClN3O7S/c1-31-19-13-18(20(32-2)12-17(19)23)24-21(27)14-26(34(3,29)30)16-6-4-15(5-7-16)22(28)25-8-10-33-11-9-25/h4-7,12-13H,8-11,14H2,1-3H3,(H,24,27). The summed E-state index contributed by atoms with van der Waals surface area (Å²) >= 11 is 6.09. The van der Waals surface area contributed by atoms with Gasteiger partial charge in [-0.2, -0.15) is 0 Å². The fourth-order valence-corrected chi connectivity index (χ4v) is 4.48. The number of halogens is 1. The summed E-state index contributed by atoms with van der Waals surface area (Å²) in [6, 6.07) is 9.03. The number of sulfonamides is 1. The summed E-state index contributed by atoms with van der Waals surface area (Å²) in [6.07, 6.45) is 0.999. The molecule has 0 bridgehead atoms. The topological polar surface area (TPSA) is 114 Å². The van der Waals surface area contributed by atoms with E-state index in [1.54, 1.807) is 4.90 Å². The summed E-state index contributed by atoms with van der Waals surface area (Å²) in [6.45, 7) is 1.45. The number of anilines is 2. The number of methoxy groups -OCH3 is 2. The second kappa shape index (κ2) is 10.9. The number of carbonyl (C=O) groups excluding carboxylic acids is 2. The number of amides is 2. The summed E-state index contributed by atoms with van der Waals surface area (Å²) in [5, 5.41) is 2.92. The van der Waals surface area contributed by atoms with Crippen LogP contribution in [0.2, 0.25) is 5.02 Å². The smallest absolute Gasteiger partial charge is 0.254 e. The molecule has 184 valence electrons. The maximum Gasteiger partial charge on any atom is 0.254 e. The largest absolute Gasteiger partial charge is 0.495 e. The summed E-state index contributed by atoms with van der Waals surface area (Å²) in [7, 11) is -0.969. The first kappa shape index (κ1) is 25.6. The molecule has 0 unspecified atom stereocenters.